The Hall–Kier alpha value is -1.10. The van der Waals surface area contributed by atoms with Crippen molar-refractivity contribution in [1.29, 1.82) is 0 Å². The minimum atomic E-state index is -0.327. The number of carbonyl (C=O) groups is 2. The molecule has 5 nitrogen and oxygen atoms in total. The Bertz CT molecular complexity index is 281. The molecule has 1 aliphatic carbocycles. The van der Waals surface area contributed by atoms with E-state index in [0.717, 1.165) is 25.9 Å². The zero-order chi connectivity index (χ0) is 12.1. The van der Waals surface area contributed by atoms with Crippen molar-refractivity contribution >= 4 is 11.9 Å². The van der Waals surface area contributed by atoms with Crippen LogP contribution in [0, 0.1) is 0 Å². The fourth-order valence-corrected chi connectivity index (χ4v) is 2.25. The number of urea groups is 1. The maximum atomic E-state index is 11.6. The lowest BCUT2D eigenvalue weighted by molar-refractivity contribution is -0.891. The van der Waals surface area contributed by atoms with Crippen molar-refractivity contribution in [3.63, 3.8) is 0 Å². The minimum absolute atomic E-state index is 0.153. The molecule has 5 heteroatoms. The van der Waals surface area contributed by atoms with Gasteiger partial charge in [0.2, 0.25) is 0 Å². The fourth-order valence-electron chi connectivity index (χ4n) is 2.25. The lowest BCUT2D eigenvalue weighted by Crippen LogP contribution is -3.13. The Balaban J connectivity index is 1.66. The number of hydrogen-bond acceptors (Lipinski definition) is 2. The van der Waals surface area contributed by atoms with Crippen molar-refractivity contribution in [3.05, 3.63) is 0 Å². The number of quaternary nitrogens is 1. The number of hydrogen-bond donors (Lipinski definition) is 3. The molecule has 3 N–H and O–H groups in total. The molecule has 1 saturated carbocycles. The van der Waals surface area contributed by atoms with Crippen molar-refractivity contribution in [2.75, 3.05) is 19.6 Å². The summed E-state index contributed by atoms with van der Waals surface area (Å²) in [4.78, 5) is 24.3. The first-order valence-corrected chi connectivity index (χ1v) is 6.68. The van der Waals surface area contributed by atoms with Crippen LogP contribution in [0.25, 0.3) is 0 Å². The van der Waals surface area contributed by atoms with Crippen molar-refractivity contribution in [1.82, 2.24) is 10.6 Å². The van der Waals surface area contributed by atoms with Crippen LogP contribution in [0.5, 0.6) is 0 Å². The Labute approximate surface area is 102 Å². The number of nitrogens with one attached hydrogen (secondary N) is 3. The molecule has 0 aromatic carbocycles. The molecular weight excluding hydrogens is 218 g/mol. The normalized spacial score (nSPS) is 21.6. The van der Waals surface area contributed by atoms with E-state index in [4.69, 9.17) is 0 Å². The number of likely N-dealkylation sites (tertiary alicyclic amines) is 1. The van der Waals surface area contributed by atoms with E-state index in [0.29, 0.717) is 12.6 Å². The molecule has 2 fully saturated rings. The van der Waals surface area contributed by atoms with Crippen LogP contribution in [0.1, 0.15) is 38.5 Å². The van der Waals surface area contributed by atoms with Crippen LogP contribution in [-0.4, -0.2) is 37.6 Å². The van der Waals surface area contributed by atoms with Crippen LogP contribution in [0.2, 0.25) is 0 Å². The van der Waals surface area contributed by atoms with Gasteiger partial charge in [0.15, 0.2) is 6.54 Å². The second-order valence-corrected chi connectivity index (χ2v) is 5.14. The van der Waals surface area contributed by atoms with E-state index in [9.17, 15) is 9.59 Å². The van der Waals surface area contributed by atoms with Crippen LogP contribution in [0.15, 0.2) is 0 Å². The third kappa shape index (κ3) is 4.73. The molecule has 1 saturated heterocycles. The predicted octanol–water partition coefficient (Wildman–Crippen LogP) is -0.566. The van der Waals surface area contributed by atoms with Crippen LogP contribution >= 0.6 is 0 Å². The van der Waals surface area contributed by atoms with Gasteiger partial charge < -0.3 is 10.2 Å². The molecular formula is C12H22N3O2+. The molecule has 1 aliphatic heterocycles. The summed E-state index contributed by atoms with van der Waals surface area (Å²) in [5.41, 5.74) is 0. The molecule has 3 amide bonds. The quantitative estimate of drug-likeness (QED) is 0.619. The average molecular weight is 240 g/mol. The van der Waals surface area contributed by atoms with Gasteiger partial charge in [-0.25, -0.2) is 4.79 Å². The number of carbonyl (C=O) groups excluding carboxylic acids is 2. The first kappa shape index (κ1) is 12.4. The number of imide groups is 1. The molecule has 0 radical (unpaired) electrons. The lowest BCUT2D eigenvalue weighted by atomic mass is 10.2. The van der Waals surface area contributed by atoms with Crippen LogP contribution < -0.4 is 15.5 Å². The summed E-state index contributed by atoms with van der Waals surface area (Å²) < 4.78 is 0. The average Bonchev–Trinajstić information content (AvgIpc) is 3.05. The molecule has 2 rings (SSSR count). The van der Waals surface area contributed by atoms with Crippen molar-refractivity contribution < 1.29 is 14.5 Å². The SMILES string of the molecule is O=C(C[NH+]1CCCCCC1)NC(=O)NC1CC1. The van der Waals surface area contributed by atoms with Crippen LogP contribution in [-0.2, 0) is 4.79 Å². The summed E-state index contributed by atoms with van der Waals surface area (Å²) >= 11 is 0. The maximum Gasteiger partial charge on any atom is 0.321 e. The summed E-state index contributed by atoms with van der Waals surface area (Å²) in [5.74, 6) is -0.153. The van der Waals surface area contributed by atoms with Crippen LogP contribution in [0.4, 0.5) is 4.79 Å². The molecule has 0 aromatic rings. The number of amides is 3. The third-order valence-electron chi connectivity index (χ3n) is 3.39. The zero-order valence-electron chi connectivity index (χ0n) is 10.3. The Morgan fingerprint density at radius 1 is 1.06 bits per heavy atom. The van der Waals surface area contributed by atoms with Gasteiger partial charge in [0.05, 0.1) is 13.1 Å². The molecule has 0 bridgehead atoms. The van der Waals surface area contributed by atoms with Gasteiger partial charge in [-0.2, -0.15) is 0 Å². The maximum absolute atomic E-state index is 11.6. The van der Waals surface area contributed by atoms with Gasteiger partial charge in [-0.15, -0.1) is 0 Å². The summed E-state index contributed by atoms with van der Waals surface area (Å²) in [6, 6.07) is -0.0277. The first-order valence-electron chi connectivity index (χ1n) is 6.68. The topological polar surface area (TPSA) is 62.6 Å². The van der Waals surface area contributed by atoms with Gasteiger partial charge in [-0.3, -0.25) is 10.1 Å². The van der Waals surface area contributed by atoms with E-state index >= 15 is 0 Å². The van der Waals surface area contributed by atoms with Gasteiger partial charge in [-0.1, -0.05) is 0 Å². The smallest absolute Gasteiger partial charge is 0.321 e. The highest BCUT2D eigenvalue weighted by molar-refractivity contribution is 5.94. The molecule has 2 aliphatic rings. The van der Waals surface area contributed by atoms with E-state index < -0.39 is 0 Å². The molecule has 0 spiro atoms. The summed E-state index contributed by atoms with van der Waals surface area (Å²) in [7, 11) is 0. The van der Waals surface area contributed by atoms with Crippen molar-refractivity contribution in [2.24, 2.45) is 0 Å². The van der Waals surface area contributed by atoms with E-state index in [1.165, 1.54) is 30.6 Å². The van der Waals surface area contributed by atoms with Gasteiger partial charge >= 0.3 is 6.03 Å². The molecule has 96 valence electrons. The fraction of sp³-hybridized carbons (Fsp3) is 0.833. The highest BCUT2D eigenvalue weighted by Gasteiger charge is 2.24. The van der Waals surface area contributed by atoms with E-state index in [1.807, 2.05) is 0 Å². The summed E-state index contributed by atoms with van der Waals surface area (Å²) in [6.07, 6.45) is 7.01. The molecule has 0 atom stereocenters. The molecule has 0 aromatic heterocycles. The van der Waals surface area contributed by atoms with E-state index in [-0.39, 0.29) is 11.9 Å². The molecule has 17 heavy (non-hydrogen) atoms. The predicted molar refractivity (Wildman–Crippen MR) is 63.7 cm³/mol. The Morgan fingerprint density at radius 2 is 1.71 bits per heavy atom. The Kier molecular flexibility index (Phi) is 4.36. The minimum Gasteiger partial charge on any atom is -0.335 e. The second-order valence-electron chi connectivity index (χ2n) is 5.14. The lowest BCUT2D eigenvalue weighted by Gasteiger charge is -2.16. The largest absolute Gasteiger partial charge is 0.335 e. The van der Waals surface area contributed by atoms with Gasteiger partial charge in [0.1, 0.15) is 0 Å². The third-order valence-corrected chi connectivity index (χ3v) is 3.39. The highest BCUT2D eigenvalue weighted by Crippen LogP contribution is 2.18. The molecule has 1 heterocycles. The van der Waals surface area contributed by atoms with Gasteiger partial charge in [-0.05, 0) is 38.5 Å². The second kappa shape index (κ2) is 6.00. The van der Waals surface area contributed by atoms with Crippen LogP contribution in [0.3, 0.4) is 0 Å². The zero-order valence-corrected chi connectivity index (χ0v) is 10.3. The van der Waals surface area contributed by atoms with Crippen molar-refractivity contribution in [3.8, 4) is 0 Å². The Morgan fingerprint density at radius 3 is 2.29 bits per heavy atom. The van der Waals surface area contributed by atoms with Gasteiger partial charge in [0.25, 0.3) is 5.91 Å². The summed E-state index contributed by atoms with van der Waals surface area (Å²) in [6.45, 7) is 2.54. The number of rotatable bonds is 3. The monoisotopic (exact) mass is 240 g/mol. The molecule has 0 unspecified atom stereocenters. The highest BCUT2D eigenvalue weighted by atomic mass is 16.2. The van der Waals surface area contributed by atoms with Crippen molar-refractivity contribution in [2.45, 2.75) is 44.6 Å². The standard InChI is InChI=1S/C12H21N3O2/c16-11(14-12(17)13-10-5-6-10)9-15-7-3-1-2-4-8-15/h10H,1-9H2,(H2,13,14,16,17)/p+1. The van der Waals surface area contributed by atoms with Gasteiger partial charge in [0, 0.05) is 6.04 Å². The van der Waals surface area contributed by atoms with E-state index in [1.54, 1.807) is 0 Å². The first-order chi connectivity index (χ1) is 8.24. The summed E-state index contributed by atoms with van der Waals surface area (Å²) in [5, 5.41) is 5.16. The van der Waals surface area contributed by atoms with E-state index in [2.05, 4.69) is 10.6 Å².